The molecule has 0 bridgehead atoms. The van der Waals surface area contributed by atoms with E-state index in [4.69, 9.17) is 27.9 Å². The third-order valence-corrected chi connectivity index (χ3v) is 4.96. The minimum absolute atomic E-state index is 0.00692. The number of hydrogen-bond acceptors (Lipinski definition) is 5. The van der Waals surface area contributed by atoms with Crippen LogP contribution in [0.5, 0.6) is 5.75 Å². The lowest BCUT2D eigenvalue weighted by Gasteiger charge is -2.10. The van der Waals surface area contributed by atoms with E-state index in [1.54, 1.807) is 48.0 Å². The molecule has 24 heavy (non-hydrogen) atoms. The standard InChI is InChI=1S/C16H13Cl2N3O2S/c1-9(14(22)10-3-5-12(23-2)6-4-10)24-16-20-19-15-13(18)7-11(17)8-21(15)16/h3-9H,1-2H3/t9-/m0/s1. The predicted octanol–water partition coefficient (Wildman–Crippen LogP) is 4.41. The summed E-state index contributed by atoms with van der Waals surface area (Å²) >= 11 is 13.4. The van der Waals surface area contributed by atoms with Crippen molar-refractivity contribution in [3.63, 3.8) is 0 Å². The Balaban J connectivity index is 1.83. The van der Waals surface area contributed by atoms with Gasteiger partial charge in [0.15, 0.2) is 16.6 Å². The first-order chi connectivity index (χ1) is 11.5. The van der Waals surface area contributed by atoms with E-state index in [2.05, 4.69) is 10.2 Å². The van der Waals surface area contributed by atoms with Gasteiger partial charge in [-0.3, -0.25) is 9.20 Å². The summed E-state index contributed by atoms with van der Waals surface area (Å²) < 4.78 is 6.79. The lowest BCUT2D eigenvalue weighted by Crippen LogP contribution is -2.14. The zero-order chi connectivity index (χ0) is 17.3. The van der Waals surface area contributed by atoms with Crippen LogP contribution >= 0.6 is 35.0 Å². The lowest BCUT2D eigenvalue weighted by atomic mass is 10.1. The molecule has 0 N–H and O–H groups in total. The summed E-state index contributed by atoms with van der Waals surface area (Å²) in [6.07, 6.45) is 1.68. The first kappa shape index (κ1) is 17.1. The maximum atomic E-state index is 12.6. The van der Waals surface area contributed by atoms with Crippen LogP contribution in [0, 0.1) is 0 Å². The normalized spacial score (nSPS) is 12.3. The maximum absolute atomic E-state index is 12.6. The second-order valence-electron chi connectivity index (χ2n) is 5.04. The lowest BCUT2D eigenvalue weighted by molar-refractivity contribution is 0.0994. The minimum Gasteiger partial charge on any atom is -0.497 e. The molecule has 8 heteroatoms. The number of benzene rings is 1. The van der Waals surface area contributed by atoms with Gasteiger partial charge in [0.2, 0.25) is 0 Å². The number of carbonyl (C=O) groups is 1. The van der Waals surface area contributed by atoms with Crippen LogP contribution < -0.4 is 4.74 Å². The number of fused-ring (bicyclic) bond motifs is 1. The number of Topliss-reactive ketones (excluding diaryl/α,β-unsaturated/α-hetero) is 1. The quantitative estimate of drug-likeness (QED) is 0.483. The largest absolute Gasteiger partial charge is 0.497 e. The first-order valence-electron chi connectivity index (χ1n) is 7.04. The average Bonchev–Trinajstić information content (AvgIpc) is 2.97. The molecule has 1 aromatic carbocycles. The van der Waals surface area contributed by atoms with Crippen LogP contribution in [0.2, 0.25) is 10.0 Å². The molecule has 0 radical (unpaired) electrons. The van der Waals surface area contributed by atoms with E-state index in [1.165, 1.54) is 11.8 Å². The zero-order valence-corrected chi connectivity index (χ0v) is 15.2. The number of rotatable bonds is 5. The SMILES string of the molecule is COc1ccc(C(=O)[C@H](C)Sc2nnc3c(Cl)cc(Cl)cn23)cc1. The fourth-order valence-corrected chi connectivity index (χ4v) is 3.59. The van der Waals surface area contributed by atoms with Gasteiger partial charge in [0, 0.05) is 11.8 Å². The summed E-state index contributed by atoms with van der Waals surface area (Å²) in [6, 6.07) is 8.61. The van der Waals surface area contributed by atoms with Gasteiger partial charge < -0.3 is 4.74 Å². The highest BCUT2D eigenvalue weighted by Gasteiger charge is 2.20. The van der Waals surface area contributed by atoms with Gasteiger partial charge in [0.25, 0.3) is 0 Å². The van der Waals surface area contributed by atoms with Crippen molar-refractivity contribution in [3.8, 4) is 5.75 Å². The molecule has 1 atom stereocenters. The molecule has 0 aliphatic rings. The number of ketones is 1. The number of halogens is 2. The summed E-state index contributed by atoms with van der Waals surface area (Å²) in [5.41, 5.74) is 1.12. The van der Waals surface area contributed by atoms with E-state index in [1.807, 2.05) is 6.92 Å². The summed E-state index contributed by atoms with van der Waals surface area (Å²) in [7, 11) is 1.59. The number of hydrogen-bond donors (Lipinski definition) is 0. The number of nitrogens with zero attached hydrogens (tertiary/aromatic N) is 3. The van der Waals surface area contributed by atoms with Gasteiger partial charge in [0.1, 0.15) is 5.75 Å². The molecular weight excluding hydrogens is 369 g/mol. The van der Waals surface area contributed by atoms with E-state index in [0.29, 0.717) is 32.2 Å². The molecule has 2 heterocycles. The van der Waals surface area contributed by atoms with Crippen molar-refractivity contribution in [2.75, 3.05) is 7.11 Å². The molecule has 0 fully saturated rings. The molecule has 5 nitrogen and oxygen atoms in total. The molecular formula is C16H13Cl2N3O2S. The number of thioether (sulfide) groups is 1. The van der Waals surface area contributed by atoms with Gasteiger partial charge in [-0.05, 0) is 37.3 Å². The Hall–Kier alpha value is -1.76. The number of pyridine rings is 1. The summed E-state index contributed by atoms with van der Waals surface area (Å²) in [5, 5.41) is 9.25. The summed E-state index contributed by atoms with van der Waals surface area (Å²) in [4.78, 5) is 12.6. The average molecular weight is 382 g/mol. The Bertz CT molecular complexity index is 896. The number of ether oxygens (including phenoxy) is 1. The van der Waals surface area contributed by atoms with Crippen molar-refractivity contribution < 1.29 is 9.53 Å². The van der Waals surface area contributed by atoms with Gasteiger partial charge in [-0.25, -0.2) is 0 Å². The smallest absolute Gasteiger partial charge is 0.196 e. The Morgan fingerprint density at radius 1 is 1.25 bits per heavy atom. The molecule has 3 rings (SSSR count). The third kappa shape index (κ3) is 3.36. The van der Waals surface area contributed by atoms with Gasteiger partial charge >= 0.3 is 0 Å². The summed E-state index contributed by atoms with van der Waals surface area (Å²) in [5.74, 6) is 0.701. The fourth-order valence-electron chi connectivity index (χ4n) is 2.18. The molecule has 0 amide bonds. The van der Waals surface area contributed by atoms with Gasteiger partial charge in [-0.1, -0.05) is 35.0 Å². The van der Waals surface area contributed by atoms with Crippen LogP contribution in [0.3, 0.4) is 0 Å². The van der Waals surface area contributed by atoms with Crippen molar-refractivity contribution >= 4 is 46.4 Å². The van der Waals surface area contributed by atoms with Crippen molar-refractivity contribution in [1.82, 2.24) is 14.6 Å². The molecule has 0 saturated carbocycles. The predicted molar refractivity (Wildman–Crippen MR) is 95.7 cm³/mol. The molecule has 0 aliphatic heterocycles. The Kier molecular flexibility index (Phi) is 4.99. The Labute approximate surface area is 152 Å². The highest BCUT2D eigenvalue weighted by Crippen LogP contribution is 2.29. The highest BCUT2D eigenvalue weighted by atomic mass is 35.5. The number of aromatic nitrogens is 3. The van der Waals surface area contributed by atoms with Crippen LogP contribution in [0.4, 0.5) is 0 Å². The Morgan fingerprint density at radius 3 is 2.62 bits per heavy atom. The molecule has 124 valence electrons. The molecule has 3 aromatic rings. The van der Waals surface area contributed by atoms with Crippen molar-refractivity contribution in [2.24, 2.45) is 0 Å². The topological polar surface area (TPSA) is 56.5 Å². The van der Waals surface area contributed by atoms with Gasteiger partial charge in [-0.15, -0.1) is 10.2 Å². The van der Waals surface area contributed by atoms with E-state index in [-0.39, 0.29) is 11.0 Å². The first-order valence-corrected chi connectivity index (χ1v) is 8.68. The highest BCUT2D eigenvalue weighted by molar-refractivity contribution is 8.00. The van der Waals surface area contributed by atoms with Crippen LogP contribution in [-0.2, 0) is 0 Å². The van der Waals surface area contributed by atoms with Gasteiger partial charge in [0.05, 0.1) is 22.4 Å². The Morgan fingerprint density at radius 2 is 1.96 bits per heavy atom. The summed E-state index contributed by atoms with van der Waals surface area (Å²) in [6.45, 7) is 1.82. The van der Waals surface area contributed by atoms with Crippen molar-refractivity contribution in [2.45, 2.75) is 17.3 Å². The number of methoxy groups -OCH3 is 1. The van der Waals surface area contributed by atoms with Crippen LogP contribution in [0.25, 0.3) is 5.65 Å². The van der Waals surface area contributed by atoms with Gasteiger partial charge in [-0.2, -0.15) is 0 Å². The molecule has 0 aliphatic carbocycles. The maximum Gasteiger partial charge on any atom is 0.196 e. The second-order valence-corrected chi connectivity index (χ2v) is 7.19. The number of carbonyl (C=O) groups excluding carboxylic acids is 1. The van der Waals surface area contributed by atoms with E-state index in [9.17, 15) is 4.79 Å². The van der Waals surface area contributed by atoms with E-state index in [0.717, 1.165) is 0 Å². The van der Waals surface area contributed by atoms with Crippen LogP contribution in [0.1, 0.15) is 17.3 Å². The monoisotopic (exact) mass is 381 g/mol. The molecule has 0 spiro atoms. The zero-order valence-electron chi connectivity index (χ0n) is 12.9. The fraction of sp³-hybridized carbons (Fsp3) is 0.188. The molecule has 0 saturated heterocycles. The molecule has 0 unspecified atom stereocenters. The minimum atomic E-state index is -0.344. The van der Waals surface area contributed by atoms with Crippen molar-refractivity contribution in [1.29, 1.82) is 0 Å². The van der Waals surface area contributed by atoms with Crippen molar-refractivity contribution in [3.05, 3.63) is 52.1 Å². The van der Waals surface area contributed by atoms with Crippen LogP contribution in [-0.4, -0.2) is 32.7 Å². The van der Waals surface area contributed by atoms with E-state index < -0.39 is 0 Å². The van der Waals surface area contributed by atoms with Crippen LogP contribution in [0.15, 0.2) is 41.7 Å². The van der Waals surface area contributed by atoms with E-state index >= 15 is 0 Å². The second kappa shape index (κ2) is 7.01. The third-order valence-electron chi connectivity index (χ3n) is 3.42. The molecule has 2 aromatic heterocycles.